The Morgan fingerprint density at radius 2 is 1.69 bits per heavy atom. The Morgan fingerprint density at radius 1 is 1.05 bits per heavy atom. The first-order valence-electron chi connectivity index (χ1n) is 14.6. The van der Waals surface area contributed by atoms with E-state index in [9.17, 15) is 14.4 Å². The van der Waals surface area contributed by atoms with Gasteiger partial charge in [0.2, 0.25) is 5.91 Å². The molecule has 1 fully saturated rings. The Morgan fingerprint density at radius 3 is 2.31 bits per heavy atom. The van der Waals surface area contributed by atoms with E-state index in [0.717, 1.165) is 17.2 Å². The van der Waals surface area contributed by atoms with Crippen molar-refractivity contribution in [1.82, 2.24) is 10.2 Å². The van der Waals surface area contributed by atoms with E-state index in [-0.39, 0.29) is 29.7 Å². The maximum absolute atomic E-state index is 14.5. The molecule has 0 radical (unpaired) electrons. The van der Waals surface area contributed by atoms with Gasteiger partial charge in [0.25, 0.3) is 5.91 Å². The van der Waals surface area contributed by atoms with E-state index in [4.69, 9.17) is 11.2 Å². The highest BCUT2D eigenvalue weighted by Gasteiger charge is 2.49. The molecule has 3 aromatic rings. The van der Waals surface area contributed by atoms with Gasteiger partial charge >= 0.3 is 6.09 Å². The fraction of sp³-hybridized carbons (Fsp3) is 0.400. The maximum atomic E-state index is 14.5. The first kappa shape index (κ1) is 30.6. The van der Waals surface area contributed by atoms with E-state index >= 15 is 0 Å². The van der Waals surface area contributed by atoms with Gasteiger partial charge in [-0.1, -0.05) is 81.6 Å². The zero-order valence-corrected chi connectivity index (χ0v) is 25.3. The van der Waals surface area contributed by atoms with Crippen LogP contribution in [0.15, 0.2) is 66.7 Å². The lowest BCUT2D eigenvalue weighted by Gasteiger charge is -2.37. The average Bonchev–Trinajstić information content (AvgIpc) is 3.68. The van der Waals surface area contributed by atoms with Crippen molar-refractivity contribution in [3.8, 4) is 12.3 Å². The second-order valence-electron chi connectivity index (χ2n) is 12.2. The highest BCUT2D eigenvalue weighted by Crippen LogP contribution is 2.42. The largest absolute Gasteiger partial charge is 0.444 e. The van der Waals surface area contributed by atoms with Crippen molar-refractivity contribution < 1.29 is 19.1 Å². The van der Waals surface area contributed by atoms with Crippen LogP contribution in [0.25, 0.3) is 10.8 Å². The van der Waals surface area contributed by atoms with Crippen LogP contribution in [0, 0.1) is 24.2 Å². The van der Waals surface area contributed by atoms with E-state index in [1.807, 2.05) is 68.4 Å². The highest BCUT2D eigenvalue weighted by molar-refractivity contribution is 6.01. The van der Waals surface area contributed by atoms with Crippen LogP contribution >= 0.6 is 0 Å². The normalized spacial score (nSPS) is 18.2. The van der Waals surface area contributed by atoms with Gasteiger partial charge in [0.05, 0.1) is 0 Å². The number of alkyl carbamates (subject to hydrolysis) is 1. The number of terminal acetylenes is 1. The Hall–Kier alpha value is -4.31. The summed E-state index contributed by atoms with van der Waals surface area (Å²) in [5.41, 5.74) is 0.975. The summed E-state index contributed by atoms with van der Waals surface area (Å²) in [6, 6.07) is 18.7. The molecule has 1 aliphatic carbocycles. The van der Waals surface area contributed by atoms with Gasteiger partial charge in [-0.2, -0.15) is 0 Å². The summed E-state index contributed by atoms with van der Waals surface area (Å²) >= 11 is 0. The third kappa shape index (κ3) is 7.12. The molecule has 7 nitrogen and oxygen atoms in total. The Kier molecular flexibility index (Phi) is 9.26. The second kappa shape index (κ2) is 12.7. The lowest BCUT2D eigenvalue weighted by molar-refractivity contribution is -0.142. The molecule has 0 spiro atoms. The van der Waals surface area contributed by atoms with E-state index in [2.05, 4.69) is 23.5 Å². The van der Waals surface area contributed by atoms with E-state index < -0.39 is 23.8 Å². The van der Waals surface area contributed by atoms with Crippen molar-refractivity contribution in [2.75, 3.05) is 5.32 Å². The zero-order chi connectivity index (χ0) is 30.6. The monoisotopic (exact) mass is 567 g/mol. The second-order valence-corrected chi connectivity index (χ2v) is 12.2. The molecule has 3 aromatic carbocycles. The summed E-state index contributed by atoms with van der Waals surface area (Å²) < 4.78 is 5.51. The Balaban J connectivity index is 1.77. The molecule has 1 aliphatic rings. The molecule has 4 rings (SSSR count). The number of ether oxygens (including phenoxy) is 1. The van der Waals surface area contributed by atoms with Crippen molar-refractivity contribution >= 4 is 34.4 Å². The van der Waals surface area contributed by atoms with Gasteiger partial charge in [-0.25, -0.2) is 4.79 Å². The van der Waals surface area contributed by atoms with Gasteiger partial charge in [0.15, 0.2) is 0 Å². The number of nitrogens with zero attached hydrogens (tertiary/aromatic N) is 1. The molecule has 0 heterocycles. The van der Waals surface area contributed by atoms with E-state index in [1.165, 1.54) is 0 Å². The van der Waals surface area contributed by atoms with Gasteiger partial charge in [-0.05, 0) is 73.6 Å². The SMILES string of the molecule is C#Cc1ccccc1C(C(=O)Nc1ccc2ccccc2c1)N(C(=O)C(NC(=O)OC(C)(C)C)C(C)CC)C1CC1C. The summed E-state index contributed by atoms with van der Waals surface area (Å²) in [7, 11) is 0. The minimum atomic E-state index is -1.02. The number of amides is 3. The molecular formula is C35H41N3O4. The van der Waals surface area contributed by atoms with Crippen molar-refractivity contribution in [2.45, 2.75) is 78.1 Å². The van der Waals surface area contributed by atoms with E-state index in [0.29, 0.717) is 23.2 Å². The van der Waals surface area contributed by atoms with Crippen LogP contribution in [-0.2, 0) is 14.3 Å². The predicted octanol–water partition coefficient (Wildman–Crippen LogP) is 6.68. The molecule has 3 amide bonds. The van der Waals surface area contributed by atoms with Crippen LogP contribution < -0.4 is 10.6 Å². The maximum Gasteiger partial charge on any atom is 0.408 e. The van der Waals surface area contributed by atoms with Gasteiger partial charge in [0, 0.05) is 17.3 Å². The molecule has 7 heteroatoms. The van der Waals surface area contributed by atoms with Gasteiger partial charge < -0.3 is 20.3 Å². The Bertz CT molecular complexity index is 1500. The van der Waals surface area contributed by atoms with Crippen molar-refractivity contribution in [2.24, 2.45) is 11.8 Å². The minimum Gasteiger partial charge on any atom is -0.444 e. The zero-order valence-electron chi connectivity index (χ0n) is 25.3. The van der Waals surface area contributed by atoms with Crippen molar-refractivity contribution in [3.63, 3.8) is 0 Å². The molecule has 42 heavy (non-hydrogen) atoms. The third-order valence-corrected chi connectivity index (χ3v) is 7.78. The number of fused-ring (bicyclic) bond motifs is 1. The average molecular weight is 568 g/mol. The number of rotatable bonds is 9. The fourth-order valence-electron chi connectivity index (χ4n) is 5.21. The van der Waals surface area contributed by atoms with Crippen molar-refractivity contribution in [3.05, 3.63) is 77.9 Å². The highest BCUT2D eigenvalue weighted by atomic mass is 16.6. The standard InChI is InChI=1S/C35H41N3O4/c1-8-22(3)30(37-34(41)42-35(5,6)7)33(40)38(29-20-23(29)4)31(28-17-13-12-14-24(28)9-2)32(39)36-27-19-18-25-15-10-11-16-26(25)21-27/h2,10-19,21-23,29-31H,8,20H2,1,3-7H3,(H,36,39)(H,37,41). The quantitative estimate of drug-likeness (QED) is 0.283. The van der Waals surface area contributed by atoms with Gasteiger partial charge in [-0.15, -0.1) is 6.42 Å². The smallest absolute Gasteiger partial charge is 0.408 e. The summed E-state index contributed by atoms with van der Waals surface area (Å²) in [4.78, 5) is 43.4. The summed E-state index contributed by atoms with van der Waals surface area (Å²) in [6.07, 6.45) is 6.59. The topological polar surface area (TPSA) is 87.7 Å². The molecule has 0 aromatic heterocycles. The van der Waals surface area contributed by atoms with Gasteiger partial charge in [-0.3, -0.25) is 9.59 Å². The molecule has 2 N–H and O–H groups in total. The number of hydrogen-bond donors (Lipinski definition) is 2. The number of carbonyl (C=O) groups is 3. The number of benzene rings is 3. The Labute approximate surface area is 249 Å². The minimum absolute atomic E-state index is 0.182. The van der Waals surface area contributed by atoms with Gasteiger partial charge in [0.1, 0.15) is 17.7 Å². The third-order valence-electron chi connectivity index (χ3n) is 7.78. The number of anilines is 1. The number of hydrogen-bond acceptors (Lipinski definition) is 4. The predicted molar refractivity (Wildman–Crippen MR) is 167 cm³/mol. The van der Waals surface area contributed by atoms with Crippen LogP contribution in [0.2, 0.25) is 0 Å². The molecule has 0 saturated heterocycles. The lowest BCUT2D eigenvalue weighted by atomic mass is 9.94. The van der Waals surface area contributed by atoms with Crippen LogP contribution in [0.4, 0.5) is 10.5 Å². The molecule has 0 bridgehead atoms. The lowest BCUT2D eigenvalue weighted by Crippen LogP contribution is -2.55. The number of nitrogens with one attached hydrogen (secondary N) is 2. The van der Waals surface area contributed by atoms with Crippen molar-refractivity contribution in [1.29, 1.82) is 0 Å². The molecule has 1 saturated carbocycles. The summed E-state index contributed by atoms with van der Waals surface area (Å²) in [6.45, 7) is 11.2. The first-order chi connectivity index (χ1) is 19.9. The molecule has 0 aliphatic heterocycles. The van der Waals surface area contributed by atoms with Crippen LogP contribution in [-0.4, -0.2) is 40.5 Å². The molecule has 5 atom stereocenters. The van der Waals surface area contributed by atoms with Crippen LogP contribution in [0.1, 0.15) is 71.6 Å². The molecular weight excluding hydrogens is 526 g/mol. The molecule has 5 unspecified atom stereocenters. The first-order valence-corrected chi connectivity index (χ1v) is 14.6. The van der Waals surface area contributed by atoms with E-state index in [1.54, 1.807) is 37.8 Å². The number of carbonyl (C=O) groups excluding carboxylic acids is 3. The summed E-state index contributed by atoms with van der Waals surface area (Å²) in [5.74, 6) is 1.95. The fourth-order valence-corrected chi connectivity index (χ4v) is 5.21. The molecule has 220 valence electrons. The van der Waals surface area contributed by atoms with Crippen LogP contribution in [0.5, 0.6) is 0 Å². The van der Waals surface area contributed by atoms with Crippen LogP contribution in [0.3, 0.4) is 0 Å². The summed E-state index contributed by atoms with van der Waals surface area (Å²) in [5, 5.41) is 7.92.